The Morgan fingerprint density at radius 2 is 1.52 bits per heavy atom. The normalized spacial score (nSPS) is 16.4. The van der Waals surface area contributed by atoms with Gasteiger partial charge in [0.1, 0.15) is 22.1 Å². The van der Waals surface area contributed by atoms with Gasteiger partial charge in [0, 0.05) is 5.57 Å². The SMILES string of the molecule is CC1(C)OC(=O)C(c2ccc(F)cc2)=C1c1ccc(C[SH](=O)=O)cc1. The van der Waals surface area contributed by atoms with Crippen LogP contribution in [0, 0.1) is 5.82 Å². The second kappa shape index (κ2) is 6.44. The molecule has 1 aliphatic heterocycles. The third kappa shape index (κ3) is 3.49. The van der Waals surface area contributed by atoms with Crippen LogP contribution in [0.5, 0.6) is 0 Å². The third-order valence-corrected chi connectivity index (χ3v) is 4.71. The molecule has 0 atom stereocenters. The minimum atomic E-state index is -2.50. The monoisotopic (exact) mass is 360 g/mol. The fourth-order valence-electron chi connectivity index (χ4n) is 3.03. The van der Waals surface area contributed by atoms with E-state index in [0.717, 1.165) is 5.56 Å². The highest BCUT2D eigenvalue weighted by Gasteiger charge is 2.41. The molecular weight excluding hydrogens is 343 g/mol. The number of benzene rings is 2. The minimum Gasteiger partial charge on any atom is -0.451 e. The zero-order chi connectivity index (χ0) is 18.2. The molecule has 2 aromatic carbocycles. The van der Waals surface area contributed by atoms with Gasteiger partial charge in [0.25, 0.3) is 0 Å². The summed E-state index contributed by atoms with van der Waals surface area (Å²) in [6.45, 7) is 3.58. The molecule has 1 aliphatic rings. The molecule has 0 aliphatic carbocycles. The molecule has 4 nitrogen and oxygen atoms in total. The fourth-order valence-corrected chi connectivity index (χ4v) is 3.54. The van der Waals surface area contributed by atoms with Crippen LogP contribution in [0.2, 0.25) is 0 Å². The lowest BCUT2D eigenvalue weighted by Crippen LogP contribution is -2.22. The Bertz CT molecular complexity index is 915. The van der Waals surface area contributed by atoms with Gasteiger partial charge in [0.15, 0.2) is 0 Å². The summed E-state index contributed by atoms with van der Waals surface area (Å²) in [4.78, 5) is 12.4. The Kier molecular flexibility index (Phi) is 4.47. The van der Waals surface area contributed by atoms with Gasteiger partial charge in [-0.3, -0.25) is 0 Å². The molecule has 0 saturated carbocycles. The molecule has 0 bridgehead atoms. The summed E-state index contributed by atoms with van der Waals surface area (Å²) in [5, 5.41) is 0. The van der Waals surface area contributed by atoms with Crippen molar-refractivity contribution in [3.05, 3.63) is 71.0 Å². The van der Waals surface area contributed by atoms with Gasteiger partial charge in [-0.05, 0) is 42.7 Å². The first-order valence-electron chi connectivity index (χ1n) is 7.73. The lowest BCUT2D eigenvalue weighted by Gasteiger charge is -2.21. The highest BCUT2D eigenvalue weighted by Crippen LogP contribution is 2.43. The van der Waals surface area contributed by atoms with E-state index in [-0.39, 0.29) is 11.6 Å². The van der Waals surface area contributed by atoms with Crippen LogP contribution in [-0.2, 0) is 26.0 Å². The molecule has 0 unspecified atom stereocenters. The summed E-state index contributed by atoms with van der Waals surface area (Å²) in [7, 11) is -2.50. The van der Waals surface area contributed by atoms with Gasteiger partial charge in [-0.25, -0.2) is 17.6 Å². The van der Waals surface area contributed by atoms with Gasteiger partial charge >= 0.3 is 5.97 Å². The number of carbonyl (C=O) groups is 1. The lowest BCUT2D eigenvalue weighted by atomic mass is 9.86. The van der Waals surface area contributed by atoms with Crippen LogP contribution in [0.15, 0.2) is 48.5 Å². The number of hydrogen-bond acceptors (Lipinski definition) is 4. The maximum atomic E-state index is 13.2. The van der Waals surface area contributed by atoms with E-state index < -0.39 is 22.3 Å². The van der Waals surface area contributed by atoms with Gasteiger partial charge < -0.3 is 4.74 Å². The van der Waals surface area contributed by atoms with E-state index in [0.29, 0.717) is 22.3 Å². The first-order chi connectivity index (χ1) is 11.8. The number of halogens is 1. The molecule has 0 fully saturated rings. The van der Waals surface area contributed by atoms with E-state index in [1.54, 1.807) is 50.2 Å². The molecule has 25 heavy (non-hydrogen) atoms. The van der Waals surface area contributed by atoms with E-state index in [1.165, 1.54) is 12.1 Å². The van der Waals surface area contributed by atoms with Crippen LogP contribution in [0.25, 0.3) is 11.1 Å². The van der Waals surface area contributed by atoms with Crippen molar-refractivity contribution in [2.45, 2.75) is 25.2 Å². The number of ether oxygens (including phenoxy) is 1. The van der Waals surface area contributed by atoms with Crippen molar-refractivity contribution in [3.8, 4) is 0 Å². The van der Waals surface area contributed by atoms with Crippen LogP contribution in [0.1, 0.15) is 30.5 Å². The third-order valence-electron chi connectivity index (χ3n) is 4.09. The van der Waals surface area contributed by atoms with E-state index in [4.69, 9.17) is 4.74 Å². The van der Waals surface area contributed by atoms with Crippen molar-refractivity contribution >= 4 is 27.8 Å². The molecule has 0 spiro atoms. The molecule has 0 saturated heterocycles. The fraction of sp³-hybridized carbons (Fsp3) is 0.211. The molecule has 3 rings (SSSR count). The maximum absolute atomic E-state index is 13.2. The van der Waals surface area contributed by atoms with E-state index in [2.05, 4.69) is 0 Å². The van der Waals surface area contributed by atoms with Gasteiger partial charge in [-0.1, -0.05) is 36.4 Å². The average molecular weight is 360 g/mol. The lowest BCUT2D eigenvalue weighted by molar-refractivity contribution is -0.141. The second-order valence-corrected chi connectivity index (χ2v) is 7.33. The van der Waals surface area contributed by atoms with Crippen molar-refractivity contribution in [2.75, 3.05) is 0 Å². The van der Waals surface area contributed by atoms with Gasteiger partial charge in [-0.2, -0.15) is 0 Å². The molecule has 0 aromatic heterocycles. The van der Waals surface area contributed by atoms with Crippen molar-refractivity contribution in [2.24, 2.45) is 0 Å². The molecule has 0 amide bonds. The van der Waals surface area contributed by atoms with Gasteiger partial charge in [0.05, 0.1) is 11.3 Å². The Morgan fingerprint density at radius 3 is 2.08 bits per heavy atom. The maximum Gasteiger partial charge on any atom is 0.340 e. The highest BCUT2D eigenvalue weighted by molar-refractivity contribution is 7.71. The number of carbonyl (C=O) groups excluding carboxylic acids is 1. The quantitative estimate of drug-likeness (QED) is 0.672. The molecule has 1 heterocycles. The molecule has 2 aromatic rings. The summed E-state index contributed by atoms with van der Waals surface area (Å²) in [5.74, 6) is -0.871. The van der Waals surface area contributed by atoms with Crippen molar-refractivity contribution in [1.82, 2.24) is 0 Å². The minimum absolute atomic E-state index is 0.0295. The standard InChI is InChI=1S/C19H17FO4S/c1-19(2)17(14-5-3-12(4-6-14)11-25(22)23)16(18(21)24-19)13-7-9-15(20)10-8-13/h3-10,25H,11H2,1-2H3. The average Bonchev–Trinajstić information content (AvgIpc) is 2.77. The van der Waals surface area contributed by atoms with E-state index in [9.17, 15) is 17.6 Å². The number of thiol groups is 1. The Balaban J connectivity index is 2.13. The zero-order valence-corrected chi connectivity index (χ0v) is 14.7. The van der Waals surface area contributed by atoms with Crippen molar-refractivity contribution in [1.29, 1.82) is 0 Å². The first-order valence-corrected chi connectivity index (χ1v) is 9.09. The molecule has 0 radical (unpaired) electrons. The first kappa shape index (κ1) is 17.4. The van der Waals surface area contributed by atoms with E-state index in [1.807, 2.05) is 0 Å². The Hall–Kier alpha value is -2.47. The number of cyclic esters (lactones) is 1. The van der Waals surface area contributed by atoms with Crippen molar-refractivity contribution in [3.63, 3.8) is 0 Å². The smallest absolute Gasteiger partial charge is 0.340 e. The largest absolute Gasteiger partial charge is 0.451 e. The summed E-state index contributed by atoms with van der Waals surface area (Å²) in [5.41, 5.74) is 2.27. The Morgan fingerprint density at radius 1 is 0.960 bits per heavy atom. The van der Waals surface area contributed by atoms with Crippen molar-refractivity contribution < 1.29 is 22.3 Å². The highest BCUT2D eigenvalue weighted by atomic mass is 32.2. The molecule has 0 N–H and O–H groups in total. The molecular formula is C19H17FO4S. The Labute approximate surface area is 146 Å². The predicted molar refractivity (Wildman–Crippen MR) is 93.8 cm³/mol. The number of rotatable bonds is 4. The van der Waals surface area contributed by atoms with Gasteiger partial charge in [-0.15, -0.1) is 0 Å². The van der Waals surface area contributed by atoms with Crippen LogP contribution < -0.4 is 0 Å². The van der Waals surface area contributed by atoms with Crippen LogP contribution >= 0.6 is 0 Å². The summed E-state index contributed by atoms with van der Waals surface area (Å²) >= 11 is 0. The van der Waals surface area contributed by atoms with E-state index >= 15 is 0 Å². The summed E-state index contributed by atoms with van der Waals surface area (Å²) in [6, 6.07) is 12.7. The van der Waals surface area contributed by atoms with Crippen LogP contribution in [-0.4, -0.2) is 20.0 Å². The van der Waals surface area contributed by atoms with Crippen LogP contribution in [0.3, 0.4) is 0 Å². The summed E-state index contributed by atoms with van der Waals surface area (Å²) in [6.07, 6.45) is 0. The number of esters is 1. The van der Waals surface area contributed by atoms with Crippen LogP contribution in [0.4, 0.5) is 4.39 Å². The number of hydrogen-bond donors (Lipinski definition) is 1. The second-order valence-electron chi connectivity index (χ2n) is 6.34. The zero-order valence-electron chi connectivity index (χ0n) is 13.8. The topological polar surface area (TPSA) is 60.4 Å². The summed E-state index contributed by atoms with van der Waals surface area (Å²) < 4.78 is 40.4. The molecule has 130 valence electrons. The molecule has 6 heteroatoms. The predicted octanol–water partition coefficient (Wildman–Crippen LogP) is 3.18. The van der Waals surface area contributed by atoms with Gasteiger partial charge in [0.2, 0.25) is 0 Å².